The van der Waals surface area contributed by atoms with Crippen molar-refractivity contribution in [3.8, 4) is 11.3 Å². The Balaban J connectivity index is 2.37. The maximum atomic E-state index is 14.0. The van der Waals surface area contributed by atoms with Crippen LogP contribution in [0.15, 0.2) is 30.6 Å². The lowest BCUT2D eigenvalue weighted by Crippen LogP contribution is -1.96. The van der Waals surface area contributed by atoms with Crippen LogP contribution < -0.4 is 0 Å². The quantitative estimate of drug-likeness (QED) is 0.742. The van der Waals surface area contributed by atoms with Gasteiger partial charge in [0.25, 0.3) is 0 Å². The number of aryl methyl sites for hydroxylation is 1. The molecule has 0 saturated heterocycles. The molecule has 19 heavy (non-hydrogen) atoms. The molecule has 0 spiro atoms. The number of aromatic carboxylic acids is 1. The minimum absolute atomic E-state index is 0.0238. The van der Waals surface area contributed by atoms with Crippen molar-refractivity contribution in [1.29, 1.82) is 0 Å². The molecule has 5 nitrogen and oxygen atoms in total. The van der Waals surface area contributed by atoms with Crippen molar-refractivity contribution in [2.24, 2.45) is 7.05 Å². The van der Waals surface area contributed by atoms with Crippen LogP contribution in [0.3, 0.4) is 0 Å². The molecule has 2 aromatic heterocycles. The second kappa shape index (κ2) is 3.94. The lowest BCUT2D eigenvalue weighted by atomic mass is 10.1. The Hall–Kier alpha value is -2.63. The number of nitrogens with one attached hydrogen (secondary N) is 1. The van der Waals surface area contributed by atoms with Crippen LogP contribution in [0.2, 0.25) is 0 Å². The van der Waals surface area contributed by atoms with Gasteiger partial charge in [0.2, 0.25) is 0 Å². The van der Waals surface area contributed by atoms with E-state index in [9.17, 15) is 9.18 Å². The third-order valence-electron chi connectivity index (χ3n) is 3.10. The van der Waals surface area contributed by atoms with Gasteiger partial charge in [0.15, 0.2) is 0 Å². The van der Waals surface area contributed by atoms with Gasteiger partial charge in [-0.15, -0.1) is 0 Å². The van der Waals surface area contributed by atoms with Crippen LogP contribution in [0.4, 0.5) is 4.39 Å². The number of halogens is 1. The Morgan fingerprint density at radius 2 is 2.26 bits per heavy atom. The Labute approximate surface area is 107 Å². The average Bonchev–Trinajstić information content (AvgIpc) is 2.95. The van der Waals surface area contributed by atoms with Crippen LogP contribution in [0.25, 0.3) is 22.2 Å². The van der Waals surface area contributed by atoms with Crippen LogP contribution >= 0.6 is 0 Å². The molecule has 2 N–H and O–H groups in total. The highest BCUT2D eigenvalue weighted by atomic mass is 19.1. The van der Waals surface area contributed by atoms with Gasteiger partial charge in [0.1, 0.15) is 11.4 Å². The molecular formula is C13H10FN3O2. The number of hydrogen-bond acceptors (Lipinski definition) is 2. The maximum Gasteiger partial charge on any atom is 0.339 e. The molecule has 0 amide bonds. The molecule has 0 fully saturated rings. The molecule has 0 atom stereocenters. The molecule has 0 aliphatic rings. The summed E-state index contributed by atoms with van der Waals surface area (Å²) in [5, 5.41) is 15.8. The molecule has 0 saturated carbocycles. The van der Waals surface area contributed by atoms with Gasteiger partial charge in [0.05, 0.1) is 17.4 Å². The van der Waals surface area contributed by atoms with Crippen molar-refractivity contribution in [2.45, 2.75) is 0 Å². The molecule has 1 aromatic carbocycles. The summed E-state index contributed by atoms with van der Waals surface area (Å²) in [5.41, 5.74) is 1.52. The summed E-state index contributed by atoms with van der Waals surface area (Å²) in [4.78, 5) is 11.1. The van der Waals surface area contributed by atoms with E-state index in [2.05, 4.69) is 10.2 Å². The van der Waals surface area contributed by atoms with E-state index < -0.39 is 5.97 Å². The average molecular weight is 259 g/mol. The lowest BCUT2D eigenvalue weighted by molar-refractivity contribution is 0.0698. The van der Waals surface area contributed by atoms with Gasteiger partial charge < -0.3 is 9.67 Å². The van der Waals surface area contributed by atoms with Crippen molar-refractivity contribution in [2.75, 3.05) is 0 Å². The van der Waals surface area contributed by atoms with E-state index in [1.165, 1.54) is 12.3 Å². The first kappa shape index (κ1) is 11.5. The van der Waals surface area contributed by atoms with Crippen LogP contribution in [-0.4, -0.2) is 25.8 Å². The van der Waals surface area contributed by atoms with E-state index >= 15 is 0 Å². The highest BCUT2D eigenvalue weighted by Crippen LogP contribution is 2.32. The number of carboxylic acid groups (broad SMARTS) is 1. The molecule has 3 rings (SSSR count). The Morgan fingerprint density at radius 1 is 1.47 bits per heavy atom. The number of carbonyl (C=O) groups is 1. The minimum atomic E-state index is -1.10. The summed E-state index contributed by atoms with van der Waals surface area (Å²) in [7, 11) is 1.78. The summed E-state index contributed by atoms with van der Waals surface area (Å²) in [5.74, 6) is -1.49. The van der Waals surface area contributed by atoms with E-state index in [0.717, 1.165) is 0 Å². The first-order chi connectivity index (χ1) is 9.09. The lowest BCUT2D eigenvalue weighted by Gasteiger charge is -1.99. The Bertz CT molecular complexity index is 788. The highest BCUT2D eigenvalue weighted by Gasteiger charge is 2.19. The number of carboxylic acids is 1. The second-order valence-electron chi connectivity index (χ2n) is 4.25. The van der Waals surface area contributed by atoms with Gasteiger partial charge >= 0.3 is 5.97 Å². The molecule has 6 heteroatoms. The van der Waals surface area contributed by atoms with Crippen molar-refractivity contribution in [3.05, 3.63) is 42.0 Å². The minimum Gasteiger partial charge on any atom is -0.478 e. The number of rotatable bonds is 2. The first-order valence-corrected chi connectivity index (χ1v) is 5.60. The molecule has 0 aliphatic heterocycles. The Kier molecular flexibility index (Phi) is 2.38. The normalized spacial score (nSPS) is 11.1. The van der Waals surface area contributed by atoms with Gasteiger partial charge in [-0.3, -0.25) is 5.10 Å². The van der Waals surface area contributed by atoms with E-state index in [0.29, 0.717) is 22.2 Å². The van der Waals surface area contributed by atoms with Crippen molar-refractivity contribution < 1.29 is 14.3 Å². The van der Waals surface area contributed by atoms with Gasteiger partial charge in [-0.05, 0) is 12.1 Å². The summed E-state index contributed by atoms with van der Waals surface area (Å²) < 4.78 is 15.7. The fourth-order valence-electron chi connectivity index (χ4n) is 2.24. The summed E-state index contributed by atoms with van der Waals surface area (Å²) in [6, 6.07) is 4.74. The largest absolute Gasteiger partial charge is 0.478 e. The molecule has 0 aliphatic carbocycles. The second-order valence-corrected chi connectivity index (χ2v) is 4.25. The van der Waals surface area contributed by atoms with E-state index in [4.69, 9.17) is 5.11 Å². The fourth-order valence-corrected chi connectivity index (χ4v) is 2.24. The number of aromatic amines is 1. The molecule has 3 aromatic rings. The number of fused-ring (bicyclic) bond motifs is 1. The fraction of sp³-hybridized carbons (Fsp3) is 0.0769. The SMILES string of the molecule is Cn1cc(-c2[nH]ncc2C(=O)O)c2c(F)cccc21. The van der Waals surface area contributed by atoms with E-state index in [-0.39, 0.29) is 11.4 Å². The van der Waals surface area contributed by atoms with Gasteiger partial charge in [-0.1, -0.05) is 6.07 Å². The van der Waals surface area contributed by atoms with Crippen molar-refractivity contribution >= 4 is 16.9 Å². The number of H-pyrrole nitrogens is 1. The monoisotopic (exact) mass is 259 g/mol. The number of aromatic nitrogens is 3. The molecule has 2 heterocycles. The van der Waals surface area contributed by atoms with Crippen LogP contribution in [0.1, 0.15) is 10.4 Å². The number of hydrogen-bond donors (Lipinski definition) is 2. The van der Waals surface area contributed by atoms with Crippen molar-refractivity contribution in [1.82, 2.24) is 14.8 Å². The predicted octanol–water partition coefficient (Wildman–Crippen LogP) is 2.41. The molecule has 0 unspecified atom stereocenters. The zero-order chi connectivity index (χ0) is 13.6. The molecular weight excluding hydrogens is 249 g/mol. The summed E-state index contributed by atoms with van der Waals surface area (Å²) in [6.07, 6.45) is 2.91. The molecule has 0 bridgehead atoms. The third-order valence-corrected chi connectivity index (χ3v) is 3.10. The van der Waals surface area contributed by atoms with Gasteiger partial charge in [-0.25, -0.2) is 9.18 Å². The third kappa shape index (κ3) is 1.61. The molecule has 96 valence electrons. The predicted molar refractivity (Wildman–Crippen MR) is 67.4 cm³/mol. The Morgan fingerprint density at radius 3 is 3.00 bits per heavy atom. The maximum absolute atomic E-state index is 14.0. The highest BCUT2D eigenvalue weighted by molar-refractivity contribution is 6.02. The zero-order valence-corrected chi connectivity index (χ0v) is 10.0. The number of nitrogens with zero attached hydrogens (tertiary/aromatic N) is 2. The zero-order valence-electron chi connectivity index (χ0n) is 10.0. The van der Waals surface area contributed by atoms with Crippen LogP contribution in [0.5, 0.6) is 0 Å². The smallest absolute Gasteiger partial charge is 0.339 e. The van der Waals surface area contributed by atoms with Crippen molar-refractivity contribution in [3.63, 3.8) is 0 Å². The van der Waals surface area contributed by atoms with E-state index in [1.807, 2.05) is 0 Å². The summed E-state index contributed by atoms with van der Waals surface area (Å²) in [6.45, 7) is 0. The topological polar surface area (TPSA) is 70.9 Å². The number of benzene rings is 1. The molecule has 0 radical (unpaired) electrons. The first-order valence-electron chi connectivity index (χ1n) is 5.60. The van der Waals surface area contributed by atoms with E-state index in [1.54, 1.807) is 29.9 Å². The van der Waals surface area contributed by atoms with Gasteiger partial charge in [-0.2, -0.15) is 5.10 Å². The van der Waals surface area contributed by atoms with Crippen LogP contribution in [0, 0.1) is 5.82 Å². The van der Waals surface area contributed by atoms with Gasteiger partial charge in [0, 0.05) is 24.2 Å². The summed E-state index contributed by atoms with van der Waals surface area (Å²) >= 11 is 0. The van der Waals surface area contributed by atoms with Crippen LogP contribution in [-0.2, 0) is 7.05 Å². The standard InChI is InChI=1S/C13H10FN3O2/c1-17-6-8(11-9(14)3-2-4-10(11)17)12-7(13(18)19)5-15-16-12/h2-6H,1H3,(H,15,16)(H,18,19).